The van der Waals surface area contributed by atoms with Gasteiger partial charge in [0.05, 0.1) is 30.3 Å². The van der Waals surface area contributed by atoms with E-state index in [1.54, 1.807) is 53.3 Å². The van der Waals surface area contributed by atoms with Gasteiger partial charge >= 0.3 is 6.09 Å². The number of benzene rings is 3. The fourth-order valence-electron chi connectivity index (χ4n) is 3.42. The van der Waals surface area contributed by atoms with Crippen molar-refractivity contribution in [1.29, 1.82) is 0 Å². The molecule has 0 unspecified atom stereocenters. The summed E-state index contributed by atoms with van der Waals surface area (Å²) >= 11 is 0. The number of carboxylic acid groups (broad SMARTS) is 1. The monoisotopic (exact) mass is 480 g/mol. The van der Waals surface area contributed by atoms with Crippen LogP contribution in [0.25, 0.3) is 10.9 Å². The second kappa shape index (κ2) is 9.24. The average Bonchev–Trinajstić information content (AvgIpc) is 3.21. The molecule has 3 N–H and O–H groups in total. The highest BCUT2D eigenvalue weighted by molar-refractivity contribution is 7.90. The molecule has 174 valence electrons. The molecule has 0 radical (unpaired) electrons. The molecule has 1 heterocycles. The first kappa shape index (κ1) is 22.8. The zero-order valence-electron chi connectivity index (χ0n) is 17.9. The number of carbonyl (C=O) groups excluding carboxylic acids is 1. The molecule has 11 heteroatoms. The van der Waals surface area contributed by atoms with Crippen molar-refractivity contribution in [1.82, 2.24) is 14.5 Å². The van der Waals surface area contributed by atoms with Crippen molar-refractivity contribution >= 4 is 38.6 Å². The molecular formula is C23H20N4O6S. The maximum Gasteiger partial charge on any atom is 0.409 e. The van der Waals surface area contributed by atoms with E-state index < -0.39 is 22.0 Å². The number of anilines is 1. The van der Waals surface area contributed by atoms with Gasteiger partial charge < -0.3 is 9.84 Å². The zero-order chi connectivity index (χ0) is 24.3. The summed E-state index contributed by atoms with van der Waals surface area (Å²) in [5.74, 6) is -0.421. The van der Waals surface area contributed by atoms with Crippen molar-refractivity contribution in [3.63, 3.8) is 0 Å². The van der Waals surface area contributed by atoms with E-state index in [1.165, 1.54) is 31.4 Å². The number of methoxy groups -OCH3 is 1. The highest BCUT2D eigenvalue weighted by atomic mass is 32.2. The molecule has 4 rings (SSSR count). The number of hydrogen-bond donors (Lipinski definition) is 3. The third-order valence-corrected chi connectivity index (χ3v) is 6.39. The van der Waals surface area contributed by atoms with E-state index in [4.69, 9.17) is 9.84 Å². The average molecular weight is 481 g/mol. The number of nitrogens with zero attached hydrogens (tertiary/aromatic N) is 2. The molecule has 0 aliphatic heterocycles. The van der Waals surface area contributed by atoms with E-state index in [0.29, 0.717) is 22.5 Å². The number of nitrogens with one attached hydrogen (secondary N) is 2. The Morgan fingerprint density at radius 2 is 1.82 bits per heavy atom. The summed E-state index contributed by atoms with van der Waals surface area (Å²) in [5.41, 5.74) is 1.90. The molecular weight excluding hydrogens is 460 g/mol. The lowest BCUT2D eigenvalue weighted by Crippen LogP contribution is -2.30. The molecule has 4 aromatic rings. The van der Waals surface area contributed by atoms with E-state index in [2.05, 4.69) is 15.1 Å². The summed E-state index contributed by atoms with van der Waals surface area (Å²) in [4.78, 5) is 23.5. The molecule has 0 saturated heterocycles. The second-order valence-electron chi connectivity index (χ2n) is 7.28. The number of aromatic nitrogens is 2. The summed E-state index contributed by atoms with van der Waals surface area (Å²) < 4.78 is 34.1. The van der Waals surface area contributed by atoms with Crippen molar-refractivity contribution in [2.24, 2.45) is 0 Å². The van der Waals surface area contributed by atoms with Crippen molar-refractivity contribution in [3.8, 4) is 5.75 Å². The molecule has 1 aromatic heterocycles. The Morgan fingerprint density at radius 3 is 2.53 bits per heavy atom. The van der Waals surface area contributed by atoms with Gasteiger partial charge in [-0.05, 0) is 42.5 Å². The van der Waals surface area contributed by atoms with Gasteiger partial charge in [-0.3, -0.25) is 14.8 Å². The van der Waals surface area contributed by atoms with E-state index >= 15 is 0 Å². The van der Waals surface area contributed by atoms with Crippen molar-refractivity contribution in [2.75, 3.05) is 12.4 Å². The number of rotatable bonds is 7. The Kier molecular flexibility index (Phi) is 6.19. The van der Waals surface area contributed by atoms with Crippen LogP contribution in [-0.2, 0) is 16.6 Å². The topological polar surface area (TPSA) is 140 Å². The highest BCUT2D eigenvalue weighted by Gasteiger charge is 2.20. The van der Waals surface area contributed by atoms with E-state index in [0.717, 1.165) is 5.39 Å². The molecule has 0 saturated carbocycles. The predicted molar refractivity (Wildman–Crippen MR) is 125 cm³/mol. The minimum atomic E-state index is -4.02. The minimum Gasteiger partial charge on any atom is -0.496 e. The second-order valence-corrected chi connectivity index (χ2v) is 8.96. The van der Waals surface area contributed by atoms with Crippen LogP contribution in [-0.4, -0.2) is 42.4 Å². The summed E-state index contributed by atoms with van der Waals surface area (Å²) in [6, 6.07) is 17.3. The first-order valence-electron chi connectivity index (χ1n) is 10.0. The number of sulfonamides is 1. The van der Waals surface area contributed by atoms with Crippen LogP contribution < -0.4 is 14.8 Å². The Bertz CT molecular complexity index is 1480. The predicted octanol–water partition coefficient (Wildman–Crippen LogP) is 3.30. The highest BCUT2D eigenvalue weighted by Crippen LogP contribution is 2.25. The molecule has 0 fully saturated rings. The van der Waals surface area contributed by atoms with Crippen molar-refractivity contribution < 1.29 is 27.9 Å². The largest absolute Gasteiger partial charge is 0.496 e. The molecule has 34 heavy (non-hydrogen) atoms. The Labute approximate surface area is 194 Å². The Hall–Kier alpha value is -4.38. The van der Waals surface area contributed by atoms with E-state index in [9.17, 15) is 18.0 Å². The SMILES string of the molecule is COc1cc(C(=O)NS(=O)(=O)c2ccccc2)ccc1Cn1ncc2ccc(NC(=O)O)cc21. The van der Waals surface area contributed by atoms with Gasteiger partial charge in [0, 0.05) is 22.2 Å². The lowest BCUT2D eigenvalue weighted by atomic mass is 10.1. The van der Waals surface area contributed by atoms with Gasteiger partial charge in [-0.15, -0.1) is 0 Å². The van der Waals surface area contributed by atoms with Gasteiger partial charge in [0.25, 0.3) is 15.9 Å². The summed E-state index contributed by atoms with van der Waals surface area (Å²) in [6.07, 6.45) is 0.484. The molecule has 0 spiro atoms. The fraction of sp³-hybridized carbons (Fsp3) is 0.0870. The normalized spacial score (nSPS) is 11.2. The molecule has 3 aromatic carbocycles. The lowest BCUT2D eigenvalue weighted by molar-refractivity contribution is 0.0981. The first-order valence-corrected chi connectivity index (χ1v) is 11.5. The minimum absolute atomic E-state index is 0.0192. The molecule has 0 bridgehead atoms. The van der Waals surface area contributed by atoms with Crippen LogP contribution in [0.5, 0.6) is 5.75 Å². The third-order valence-electron chi connectivity index (χ3n) is 5.05. The molecule has 0 aliphatic carbocycles. The molecule has 0 atom stereocenters. The fourth-order valence-corrected chi connectivity index (χ4v) is 4.41. The quantitative estimate of drug-likeness (QED) is 0.369. The van der Waals surface area contributed by atoms with E-state index in [-0.39, 0.29) is 17.0 Å². The summed E-state index contributed by atoms with van der Waals surface area (Å²) in [5, 5.41) is 16.4. The Balaban J connectivity index is 1.58. The first-order chi connectivity index (χ1) is 16.3. The van der Waals surface area contributed by atoms with Gasteiger partial charge in [-0.1, -0.05) is 24.3 Å². The number of amides is 2. The van der Waals surface area contributed by atoms with Crippen LogP contribution >= 0.6 is 0 Å². The van der Waals surface area contributed by atoms with Crippen LogP contribution in [0.1, 0.15) is 15.9 Å². The number of ether oxygens (including phenoxy) is 1. The smallest absolute Gasteiger partial charge is 0.409 e. The van der Waals surface area contributed by atoms with Crippen molar-refractivity contribution in [2.45, 2.75) is 11.4 Å². The van der Waals surface area contributed by atoms with Crippen LogP contribution in [0.3, 0.4) is 0 Å². The maximum atomic E-state index is 12.6. The number of carbonyl (C=O) groups is 2. The van der Waals surface area contributed by atoms with Gasteiger partial charge in [0.15, 0.2) is 0 Å². The van der Waals surface area contributed by atoms with Gasteiger partial charge in [0.2, 0.25) is 0 Å². The zero-order valence-corrected chi connectivity index (χ0v) is 18.7. The molecule has 0 aliphatic rings. The summed E-state index contributed by atoms with van der Waals surface area (Å²) in [7, 11) is -2.58. The number of fused-ring (bicyclic) bond motifs is 1. The van der Waals surface area contributed by atoms with Crippen LogP contribution in [0.4, 0.5) is 10.5 Å². The summed E-state index contributed by atoms with van der Waals surface area (Å²) in [6.45, 7) is 0.271. The third kappa shape index (κ3) is 4.84. The standard InChI is InChI=1S/C23H20N4O6S/c1-33-21-11-15(22(28)26-34(31,32)19-5-3-2-4-6-19)7-8-17(21)14-27-20-12-18(25-23(29)30)10-9-16(20)13-24-27/h2-13,25H,14H2,1H3,(H,26,28)(H,29,30). The van der Waals surface area contributed by atoms with Gasteiger partial charge in [0.1, 0.15) is 5.75 Å². The number of hydrogen-bond acceptors (Lipinski definition) is 6. The molecule has 10 nitrogen and oxygen atoms in total. The van der Waals surface area contributed by atoms with Gasteiger partial charge in [-0.25, -0.2) is 17.9 Å². The van der Waals surface area contributed by atoms with Crippen molar-refractivity contribution in [3.05, 3.63) is 84.1 Å². The molecule has 2 amide bonds. The van der Waals surface area contributed by atoms with Crippen LogP contribution in [0.2, 0.25) is 0 Å². The lowest BCUT2D eigenvalue weighted by Gasteiger charge is -2.12. The van der Waals surface area contributed by atoms with Crippen LogP contribution in [0, 0.1) is 0 Å². The van der Waals surface area contributed by atoms with Gasteiger partial charge in [-0.2, -0.15) is 5.10 Å². The van der Waals surface area contributed by atoms with Crippen LogP contribution in [0.15, 0.2) is 77.8 Å². The Morgan fingerprint density at radius 1 is 1.06 bits per heavy atom. The van der Waals surface area contributed by atoms with E-state index in [1.807, 2.05) is 0 Å². The maximum absolute atomic E-state index is 12.6.